The van der Waals surface area contributed by atoms with Gasteiger partial charge in [-0.1, -0.05) is 6.07 Å². The van der Waals surface area contributed by atoms with Crippen LogP contribution in [0.2, 0.25) is 0 Å². The van der Waals surface area contributed by atoms with Crippen LogP contribution in [0.4, 0.5) is 11.4 Å². The van der Waals surface area contributed by atoms with Gasteiger partial charge in [-0.05, 0) is 24.3 Å². The first-order valence-corrected chi connectivity index (χ1v) is 7.89. The molecule has 0 spiro atoms. The maximum Gasteiger partial charge on any atom is 0.277 e. The quantitative estimate of drug-likeness (QED) is 0.351. The minimum atomic E-state index is -0.537. The maximum absolute atomic E-state index is 13.1. The van der Waals surface area contributed by atoms with E-state index < -0.39 is 15.4 Å². The van der Waals surface area contributed by atoms with Crippen LogP contribution in [0.5, 0.6) is 0 Å². The highest BCUT2D eigenvalue weighted by Crippen LogP contribution is 2.35. The van der Waals surface area contributed by atoms with Crippen LogP contribution in [0.1, 0.15) is 0 Å². The Labute approximate surface area is 148 Å². The van der Waals surface area contributed by atoms with E-state index in [0.29, 0.717) is 38.2 Å². The molecule has 0 saturated carbocycles. The van der Waals surface area contributed by atoms with Crippen molar-refractivity contribution in [2.24, 2.45) is 0 Å². The van der Waals surface area contributed by atoms with Gasteiger partial charge in [-0.15, -0.1) is 0 Å². The van der Waals surface area contributed by atoms with Gasteiger partial charge in [0.25, 0.3) is 16.9 Å². The number of hydrogen-bond acceptors (Lipinski definition) is 6. The molecule has 5 rings (SSSR count). The fourth-order valence-electron chi connectivity index (χ4n) is 3.60. The Morgan fingerprint density at radius 2 is 1.67 bits per heavy atom. The Bertz CT molecular complexity index is 1510. The van der Waals surface area contributed by atoms with Crippen molar-refractivity contribution < 1.29 is 9.85 Å². The molecule has 9 heteroatoms. The average molecular weight is 360 g/mol. The maximum atomic E-state index is 13.1. The van der Waals surface area contributed by atoms with Crippen LogP contribution < -0.4 is 5.56 Å². The number of nitrogens with zero attached hydrogens (tertiary/aromatic N) is 4. The molecule has 0 aliphatic heterocycles. The molecule has 3 aromatic carbocycles. The molecule has 0 bridgehead atoms. The number of nitro benzene ring substituents is 2. The van der Waals surface area contributed by atoms with Gasteiger partial charge >= 0.3 is 0 Å². The molecule has 0 fully saturated rings. The van der Waals surface area contributed by atoms with E-state index in [1.165, 1.54) is 28.7 Å². The number of imidazole rings is 1. The molecule has 0 saturated heterocycles. The van der Waals surface area contributed by atoms with Crippen LogP contribution in [-0.4, -0.2) is 19.2 Å². The Morgan fingerprint density at radius 1 is 0.889 bits per heavy atom. The van der Waals surface area contributed by atoms with Crippen molar-refractivity contribution in [2.45, 2.75) is 0 Å². The fraction of sp³-hybridized carbons (Fsp3) is 0. The zero-order valence-corrected chi connectivity index (χ0v) is 13.4. The second-order valence-electron chi connectivity index (χ2n) is 6.12. The standard InChI is InChI=1S/C18H8N4O5/c23-18-12-3-1-2-10-14(22(26)27)7-5-11(16(10)12)17-19-13-6-4-9(21(24)25)8-15(13)20(17)18/h1-8H. The molecule has 27 heavy (non-hydrogen) atoms. The van der Waals surface area contributed by atoms with E-state index >= 15 is 0 Å². The molecule has 2 heterocycles. The highest BCUT2D eigenvalue weighted by molar-refractivity contribution is 6.17. The predicted molar refractivity (Wildman–Crippen MR) is 98.5 cm³/mol. The zero-order chi connectivity index (χ0) is 18.9. The van der Waals surface area contributed by atoms with Crippen molar-refractivity contribution in [1.29, 1.82) is 0 Å². The molecular weight excluding hydrogens is 352 g/mol. The number of benzene rings is 3. The number of hydrogen-bond donors (Lipinski definition) is 0. The molecule has 2 aromatic heterocycles. The van der Waals surface area contributed by atoms with Crippen LogP contribution in [0.15, 0.2) is 53.3 Å². The minimum Gasteiger partial charge on any atom is -0.268 e. The molecule has 130 valence electrons. The summed E-state index contributed by atoms with van der Waals surface area (Å²) in [6, 6.07) is 11.8. The van der Waals surface area contributed by atoms with E-state index in [1.54, 1.807) is 24.3 Å². The van der Waals surface area contributed by atoms with Crippen LogP contribution in [0.3, 0.4) is 0 Å². The lowest BCUT2D eigenvalue weighted by atomic mass is 10.0. The topological polar surface area (TPSA) is 121 Å². The molecular formula is C18H8N4O5. The van der Waals surface area contributed by atoms with Gasteiger partial charge in [0.2, 0.25) is 0 Å². The summed E-state index contributed by atoms with van der Waals surface area (Å²) in [6.07, 6.45) is 0. The lowest BCUT2D eigenvalue weighted by Crippen LogP contribution is -2.13. The number of aromatic nitrogens is 2. The summed E-state index contributed by atoms with van der Waals surface area (Å²) in [5.41, 5.74) is 0.406. The molecule has 0 unspecified atom stereocenters. The Hall–Kier alpha value is -4.14. The summed E-state index contributed by atoms with van der Waals surface area (Å²) < 4.78 is 1.32. The summed E-state index contributed by atoms with van der Waals surface area (Å²) in [4.78, 5) is 39.0. The van der Waals surface area contributed by atoms with E-state index in [-0.39, 0.29) is 11.4 Å². The molecule has 0 aliphatic carbocycles. The van der Waals surface area contributed by atoms with Gasteiger partial charge in [-0.2, -0.15) is 0 Å². The average Bonchev–Trinajstić information content (AvgIpc) is 3.04. The first kappa shape index (κ1) is 15.1. The Kier molecular flexibility index (Phi) is 2.77. The Morgan fingerprint density at radius 3 is 2.41 bits per heavy atom. The molecule has 0 amide bonds. The monoisotopic (exact) mass is 360 g/mol. The lowest BCUT2D eigenvalue weighted by molar-refractivity contribution is -0.384. The van der Waals surface area contributed by atoms with E-state index in [4.69, 9.17) is 0 Å². The number of nitro groups is 2. The molecule has 9 nitrogen and oxygen atoms in total. The molecule has 0 aliphatic rings. The van der Waals surface area contributed by atoms with Gasteiger partial charge in [-0.25, -0.2) is 4.98 Å². The van der Waals surface area contributed by atoms with E-state index in [0.717, 1.165) is 0 Å². The molecule has 0 radical (unpaired) electrons. The smallest absolute Gasteiger partial charge is 0.268 e. The van der Waals surface area contributed by atoms with Gasteiger partial charge in [-0.3, -0.25) is 29.4 Å². The van der Waals surface area contributed by atoms with E-state index in [2.05, 4.69) is 4.98 Å². The predicted octanol–water partition coefficient (Wildman–Crippen LogP) is 3.41. The fourth-order valence-corrected chi connectivity index (χ4v) is 3.60. The summed E-state index contributed by atoms with van der Waals surface area (Å²) in [7, 11) is 0. The highest BCUT2D eigenvalue weighted by Gasteiger charge is 2.21. The third kappa shape index (κ3) is 1.87. The van der Waals surface area contributed by atoms with Crippen LogP contribution in [-0.2, 0) is 0 Å². The minimum absolute atomic E-state index is 0.0939. The first-order valence-electron chi connectivity index (χ1n) is 7.89. The normalized spacial score (nSPS) is 11.7. The number of rotatable bonds is 2. The van der Waals surface area contributed by atoms with Gasteiger partial charge in [0, 0.05) is 34.4 Å². The van der Waals surface area contributed by atoms with Crippen molar-refractivity contribution in [3.8, 4) is 0 Å². The van der Waals surface area contributed by atoms with Gasteiger partial charge in [0.15, 0.2) is 0 Å². The van der Waals surface area contributed by atoms with Crippen LogP contribution in [0.25, 0.3) is 38.2 Å². The molecule has 0 atom stereocenters. The first-order chi connectivity index (χ1) is 13.0. The number of fused-ring (bicyclic) bond motifs is 4. The van der Waals surface area contributed by atoms with Crippen molar-refractivity contribution in [2.75, 3.05) is 0 Å². The number of non-ortho nitro benzene ring substituents is 2. The highest BCUT2D eigenvalue weighted by atomic mass is 16.6. The van der Waals surface area contributed by atoms with Crippen molar-refractivity contribution in [3.63, 3.8) is 0 Å². The van der Waals surface area contributed by atoms with Crippen LogP contribution in [0, 0.1) is 20.2 Å². The zero-order valence-electron chi connectivity index (χ0n) is 13.4. The van der Waals surface area contributed by atoms with Crippen molar-refractivity contribution in [3.05, 3.63) is 79.1 Å². The van der Waals surface area contributed by atoms with E-state index in [1.807, 2.05) is 0 Å². The summed E-state index contributed by atoms with van der Waals surface area (Å²) in [6.45, 7) is 0. The third-order valence-corrected chi connectivity index (χ3v) is 4.74. The van der Waals surface area contributed by atoms with Gasteiger partial charge in [0.05, 0.1) is 26.3 Å². The second-order valence-corrected chi connectivity index (χ2v) is 6.12. The van der Waals surface area contributed by atoms with E-state index in [9.17, 15) is 25.0 Å². The lowest BCUT2D eigenvalue weighted by Gasteiger charge is -2.07. The summed E-state index contributed by atoms with van der Waals surface area (Å²) >= 11 is 0. The Balaban J connectivity index is 2.08. The van der Waals surface area contributed by atoms with Crippen molar-refractivity contribution >= 4 is 49.6 Å². The van der Waals surface area contributed by atoms with Crippen molar-refractivity contribution in [1.82, 2.24) is 9.38 Å². The second kappa shape index (κ2) is 4.94. The number of pyridine rings is 1. The van der Waals surface area contributed by atoms with Crippen LogP contribution >= 0.6 is 0 Å². The SMILES string of the molecule is O=c1c2cccc3c([N+](=O)[O-])ccc(c32)c2nc3ccc([N+](=O)[O-])cc3n12. The molecule has 5 aromatic rings. The summed E-state index contributed by atoms with van der Waals surface area (Å²) in [5, 5.41) is 24.1. The van der Waals surface area contributed by atoms with Gasteiger partial charge in [0.1, 0.15) is 5.65 Å². The summed E-state index contributed by atoms with van der Waals surface area (Å²) in [5.74, 6) is 0. The largest absolute Gasteiger partial charge is 0.277 e. The molecule has 0 N–H and O–H groups in total. The third-order valence-electron chi connectivity index (χ3n) is 4.74. The van der Waals surface area contributed by atoms with Gasteiger partial charge < -0.3 is 0 Å².